The van der Waals surface area contributed by atoms with Crippen molar-refractivity contribution in [2.75, 3.05) is 4.90 Å². The number of hydrogen-bond donors (Lipinski definition) is 0. The summed E-state index contributed by atoms with van der Waals surface area (Å²) in [5.41, 5.74) is 16.6. The summed E-state index contributed by atoms with van der Waals surface area (Å²) in [6.07, 6.45) is 8.90. The molecule has 0 saturated carbocycles. The number of anilines is 3. The number of hydrogen-bond acceptors (Lipinski definition) is 1. The molecule has 0 aromatic heterocycles. The zero-order valence-corrected chi connectivity index (χ0v) is 32.2. The Balaban J connectivity index is 1.19. The fourth-order valence-electron chi connectivity index (χ4n) is 7.29. The molecule has 0 atom stereocenters. The Morgan fingerprint density at radius 3 is 1.38 bits per heavy atom. The second-order valence-electron chi connectivity index (χ2n) is 14.4. The van der Waals surface area contributed by atoms with Gasteiger partial charge in [-0.1, -0.05) is 199 Å². The monoisotopic (exact) mass is 719 g/mol. The Bertz CT molecular complexity index is 2560. The molecule has 0 aliphatic heterocycles. The standard InChI is InChI=1S/C55H45N/c1-40-21-29-46(30-22-40)54(47-31-23-41(2)24-32-47)39-48-33-38-55(53-19-11-10-18-52(48)53)56(49-34-25-42(3)26-35-49)50-36-27-43(28-37-50)13-12-20-51(44-14-6-4-7-15-44)45-16-8-5-9-17-45/h4-39H,1-3H3. The van der Waals surface area contributed by atoms with Crippen molar-refractivity contribution in [2.45, 2.75) is 20.8 Å². The molecule has 8 aromatic rings. The molecular weight excluding hydrogens is 675 g/mol. The van der Waals surface area contributed by atoms with E-state index in [1.165, 1.54) is 66.4 Å². The number of benzene rings is 8. The Hall–Kier alpha value is -6.96. The lowest BCUT2D eigenvalue weighted by Crippen LogP contribution is -2.10. The average molecular weight is 720 g/mol. The van der Waals surface area contributed by atoms with Crippen molar-refractivity contribution in [2.24, 2.45) is 0 Å². The summed E-state index contributed by atoms with van der Waals surface area (Å²) in [7, 11) is 0. The van der Waals surface area contributed by atoms with Gasteiger partial charge in [0.25, 0.3) is 0 Å². The van der Waals surface area contributed by atoms with E-state index >= 15 is 0 Å². The predicted molar refractivity (Wildman–Crippen MR) is 242 cm³/mol. The van der Waals surface area contributed by atoms with Gasteiger partial charge in [0, 0.05) is 16.8 Å². The molecule has 1 heteroatoms. The molecule has 0 fully saturated rings. The summed E-state index contributed by atoms with van der Waals surface area (Å²) in [6.45, 7) is 6.42. The van der Waals surface area contributed by atoms with Gasteiger partial charge < -0.3 is 4.90 Å². The van der Waals surface area contributed by atoms with E-state index in [9.17, 15) is 0 Å². The quantitative estimate of drug-likeness (QED) is 0.100. The summed E-state index contributed by atoms with van der Waals surface area (Å²) in [6, 6.07) is 69.9. The van der Waals surface area contributed by atoms with Crippen LogP contribution in [0.2, 0.25) is 0 Å². The van der Waals surface area contributed by atoms with E-state index in [4.69, 9.17) is 0 Å². The van der Waals surface area contributed by atoms with Crippen LogP contribution in [-0.2, 0) is 0 Å². The summed E-state index contributed by atoms with van der Waals surface area (Å²) < 4.78 is 0. The van der Waals surface area contributed by atoms with Crippen LogP contribution in [0, 0.1) is 20.8 Å². The van der Waals surface area contributed by atoms with Crippen molar-refractivity contribution in [1.29, 1.82) is 0 Å². The molecule has 1 nitrogen and oxygen atoms in total. The summed E-state index contributed by atoms with van der Waals surface area (Å²) in [5, 5.41) is 2.40. The first-order valence-corrected chi connectivity index (χ1v) is 19.3. The molecule has 0 saturated heterocycles. The maximum Gasteiger partial charge on any atom is 0.0540 e. The summed E-state index contributed by atoms with van der Waals surface area (Å²) in [5.74, 6) is 0. The average Bonchev–Trinajstić information content (AvgIpc) is 3.25. The van der Waals surface area contributed by atoms with Crippen LogP contribution in [0.5, 0.6) is 0 Å². The number of nitrogens with zero attached hydrogens (tertiary/aromatic N) is 1. The van der Waals surface area contributed by atoms with Crippen LogP contribution >= 0.6 is 0 Å². The van der Waals surface area contributed by atoms with Crippen molar-refractivity contribution >= 4 is 51.1 Å². The van der Waals surface area contributed by atoms with Gasteiger partial charge in [0.2, 0.25) is 0 Å². The first-order chi connectivity index (χ1) is 27.5. The third kappa shape index (κ3) is 8.09. The second kappa shape index (κ2) is 16.6. The van der Waals surface area contributed by atoms with Crippen LogP contribution in [-0.4, -0.2) is 0 Å². The van der Waals surface area contributed by atoms with Crippen LogP contribution in [0.25, 0.3) is 34.1 Å². The molecule has 0 heterocycles. The fourth-order valence-corrected chi connectivity index (χ4v) is 7.29. The molecule has 8 rings (SSSR count). The molecule has 0 bridgehead atoms. The SMILES string of the molecule is Cc1ccc(C(=Cc2ccc(N(c3ccc(C)cc3)c3ccc(C=CC=C(c4ccccc4)c4ccccc4)cc3)c3ccccc23)c2ccc(C)cc2)cc1. The van der Waals surface area contributed by atoms with E-state index in [1.807, 2.05) is 0 Å². The minimum Gasteiger partial charge on any atom is -0.310 e. The zero-order chi connectivity index (χ0) is 38.3. The van der Waals surface area contributed by atoms with Gasteiger partial charge in [-0.3, -0.25) is 0 Å². The van der Waals surface area contributed by atoms with Gasteiger partial charge in [0.1, 0.15) is 0 Å². The molecule has 56 heavy (non-hydrogen) atoms. The molecule has 0 aliphatic rings. The highest BCUT2D eigenvalue weighted by Gasteiger charge is 2.17. The molecule has 270 valence electrons. The first kappa shape index (κ1) is 36.0. The third-order valence-electron chi connectivity index (χ3n) is 10.4. The maximum absolute atomic E-state index is 2.38. The molecule has 8 aromatic carbocycles. The van der Waals surface area contributed by atoms with Gasteiger partial charge in [-0.25, -0.2) is 0 Å². The lowest BCUT2D eigenvalue weighted by molar-refractivity contribution is 1.29. The number of rotatable bonds is 10. The summed E-state index contributed by atoms with van der Waals surface area (Å²) >= 11 is 0. The third-order valence-corrected chi connectivity index (χ3v) is 10.4. The molecule has 0 amide bonds. The molecule has 0 aliphatic carbocycles. The molecule has 0 radical (unpaired) electrons. The van der Waals surface area contributed by atoms with E-state index in [2.05, 4.69) is 244 Å². The van der Waals surface area contributed by atoms with Crippen LogP contribution in [0.15, 0.2) is 206 Å². The van der Waals surface area contributed by atoms with Crippen molar-refractivity contribution in [1.82, 2.24) is 0 Å². The zero-order valence-electron chi connectivity index (χ0n) is 32.2. The van der Waals surface area contributed by atoms with Crippen LogP contribution < -0.4 is 4.90 Å². The molecule has 0 N–H and O–H groups in total. The maximum atomic E-state index is 2.38. The van der Waals surface area contributed by atoms with E-state index in [-0.39, 0.29) is 0 Å². The highest BCUT2D eigenvalue weighted by molar-refractivity contribution is 6.05. The Kier molecular flexibility index (Phi) is 10.7. The smallest absolute Gasteiger partial charge is 0.0540 e. The summed E-state index contributed by atoms with van der Waals surface area (Å²) in [4.78, 5) is 2.38. The fraction of sp³-hybridized carbons (Fsp3) is 0.0545. The van der Waals surface area contributed by atoms with Crippen molar-refractivity contribution in [3.63, 3.8) is 0 Å². The number of aryl methyl sites for hydroxylation is 3. The lowest BCUT2D eigenvalue weighted by atomic mass is 9.92. The lowest BCUT2D eigenvalue weighted by Gasteiger charge is -2.27. The van der Waals surface area contributed by atoms with Crippen LogP contribution in [0.1, 0.15) is 50.1 Å². The van der Waals surface area contributed by atoms with Crippen LogP contribution in [0.3, 0.4) is 0 Å². The largest absolute Gasteiger partial charge is 0.310 e. The minimum absolute atomic E-state index is 1.10. The van der Waals surface area contributed by atoms with E-state index in [0.29, 0.717) is 0 Å². The van der Waals surface area contributed by atoms with Crippen molar-refractivity contribution in [3.8, 4) is 0 Å². The van der Waals surface area contributed by atoms with E-state index in [0.717, 1.165) is 22.6 Å². The van der Waals surface area contributed by atoms with Gasteiger partial charge in [0.15, 0.2) is 0 Å². The molecule has 0 unspecified atom stereocenters. The number of allylic oxidation sites excluding steroid dienone is 2. The Morgan fingerprint density at radius 1 is 0.393 bits per heavy atom. The van der Waals surface area contributed by atoms with Gasteiger partial charge in [0.05, 0.1) is 5.69 Å². The topological polar surface area (TPSA) is 3.24 Å². The minimum atomic E-state index is 1.10. The molecule has 0 spiro atoms. The van der Waals surface area contributed by atoms with E-state index < -0.39 is 0 Å². The van der Waals surface area contributed by atoms with Crippen molar-refractivity contribution in [3.05, 3.63) is 256 Å². The normalized spacial score (nSPS) is 11.1. The second-order valence-corrected chi connectivity index (χ2v) is 14.4. The van der Waals surface area contributed by atoms with Crippen LogP contribution in [0.4, 0.5) is 17.1 Å². The van der Waals surface area contributed by atoms with E-state index in [1.54, 1.807) is 0 Å². The van der Waals surface area contributed by atoms with Gasteiger partial charge >= 0.3 is 0 Å². The Morgan fingerprint density at radius 2 is 0.839 bits per heavy atom. The molecular formula is C55H45N. The highest BCUT2D eigenvalue weighted by atomic mass is 15.1. The van der Waals surface area contributed by atoms with Crippen molar-refractivity contribution < 1.29 is 0 Å². The highest BCUT2D eigenvalue weighted by Crippen LogP contribution is 2.41. The van der Waals surface area contributed by atoms with Gasteiger partial charge in [-0.2, -0.15) is 0 Å². The number of fused-ring (bicyclic) bond motifs is 1. The first-order valence-electron chi connectivity index (χ1n) is 19.3. The van der Waals surface area contributed by atoms with Gasteiger partial charge in [-0.05, 0) is 107 Å². The predicted octanol–water partition coefficient (Wildman–Crippen LogP) is 15.0. The van der Waals surface area contributed by atoms with Gasteiger partial charge in [-0.15, -0.1) is 0 Å². The Labute approximate surface area is 331 Å².